The van der Waals surface area contributed by atoms with E-state index in [9.17, 15) is 13.5 Å². The summed E-state index contributed by atoms with van der Waals surface area (Å²) in [6, 6.07) is 12.2. The number of benzene rings is 2. The largest absolute Gasteiger partial charge is 0.507 e. The van der Waals surface area contributed by atoms with E-state index in [-0.39, 0.29) is 10.6 Å². The first kappa shape index (κ1) is 14.4. The minimum absolute atomic E-state index is 0.233. The summed E-state index contributed by atoms with van der Waals surface area (Å²) in [6.07, 6.45) is 1.18. The van der Waals surface area contributed by atoms with E-state index in [1.165, 1.54) is 6.26 Å². The van der Waals surface area contributed by atoms with E-state index in [0.717, 1.165) is 11.1 Å². The van der Waals surface area contributed by atoms with Crippen LogP contribution in [0, 0.1) is 6.92 Å². The Morgan fingerprint density at radius 2 is 1.80 bits per heavy atom. The third-order valence-electron chi connectivity index (χ3n) is 3.08. The van der Waals surface area contributed by atoms with Gasteiger partial charge in [-0.2, -0.15) is 0 Å². The van der Waals surface area contributed by atoms with Gasteiger partial charge in [-0.25, -0.2) is 8.42 Å². The molecule has 0 aliphatic carbocycles. The zero-order valence-corrected chi connectivity index (χ0v) is 12.2. The minimum atomic E-state index is -3.28. The Labute approximate surface area is 119 Å². The molecule has 20 heavy (non-hydrogen) atoms. The molecular formula is C15H17NO3S. The number of nitrogens with one attached hydrogen (secondary N) is 1. The number of anilines is 1. The summed E-state index contributed by atoms with van der Waals surface area (Å²) >= 11 is 0. The molecule has 0 amide bonds. The van der Waals surface area contributed by atoms with Crippen LogP contribution in [0.25, 0.3) is 0 Å². The lowest BCUT2D eigenvalue weighted by molar-refractivity contribution is 0.465. The van der Waals surface area contributed by atoms with Crippen molar-refractivity contribution >= 4 is 15.5 Å². The summed E-state index contributed by atoms with van der Waals surface area (Å²) in [7, 11) is -3.28. The molecule has 0 fully saturated rings. The maximum absolute atomic E-state index is 11.7. The minimum Gasteiger partial charge on any atom is -0.507 e. The zero-order valence-electron chi connectivity index (χ0n) is 11.4. The van der Waals surface area contributed by atoms with Crippen LogP contribution in [0.2, 0.25) is 0 Å². The fourth-order valence-corrected chi connectivity index (χ4v) is 2.85. The fraction of sp³-hybridized carbons (Fsp3) is 0.200. The standard InChI is InChI=1S/C15H17NO3S/c1-11-6-5-7-12(15(11)17)10-16-13-8-3-4-9-14(13)20(2,18)19/h3-9,16-17H,10H2,1-2H3. The normalized spacial score (nSPS) is 11.3. The van der Waals surface area contributed by atoms with Crippen LogP contribution in [-0.2, 0) is 16.4 Å². The van der Waals surface area contributed by atoms with Crippen LogP contribution in [0.3, 0.4) is 0 Å². The molecule has 4 nitrogen and oxygen atoms in total. The van der Waals surface area contributed by atoms with Crippen LogP contribution in [0.15, 0.2) is 47.4 Å². The Morgan fingerprint density at radius 3 is 2.50 bits per heavy atom. The summed E-state index contributed by atoms with van der Waals surface area (Å²) < 4.78 is 23.4. The molecule has 0 heterocycles. The lowest BCUT2D eigenvalue weighted by atomic mass is 10.1. The van der Waals surface area contributed by atoms with Crippen LogP contribution in [-0.4, -0.2) is 19.8 Å². The molecule has 2 N–H and O–H groups in total. The zero-order chi connectivity index (χ0) is 14.8. The SMILES string of the molecule is Cc1cccc(CNc2ccccc2S(C)(=O)=O)c1O. The Hall–Kier alpha value is -2.01. The van der Waals surface area contributed by atoms with Gasteiger partial charge in [0.15, 0.2) is 9.84 Å². The first-order valence-electron chi connectivity index (χ1n) is 6.20. The highest BCUT2D eigenvalue weighted by atomic mass is 32.2. The van der Waals surface area contributed by atoms with Crippen molar-refractivity contribution in [3.63, 3.8) is 0 Å². The number of phenols is 1. The topological polar surface area (TPSA) is 66.4 Å². The molecule has 0 saturated heterocycles. The predicted octanol–water partition coefficient (Wildman–Crippen LogP) is 2.72. The van der Waals surface area contributed by atoms with Crippen LogP contribution in [0.4, 0.5) is 5.69 Å². The molecule has 0 spiro atoms. The molecule has 2 aromatic carbocycles. The van der Waals surface area contributed by atoms with Gasteiger partial charge in [-0.1, -0.05) is 30.3 Å². The van der Waals surface area contributed by atoms with E-state index in [0.29, 0.717) is 12.2 Å². The van der Waals surface area contributed by atoms with Crippen LogP contribution >= 0.6 is 0 Å². The molecule has 5 heteroatoms. The van der Waals surface area contributed by atoms with Gasteiger partial charge >= 0.3 is 0 Å². The number of phenolic OH excluding ortho intramolecular Hbond substituents is 1. The van der Waals surface area contributed by atoms with Crippen molar-refractivity contribution in [1.29, 1.82) is 0 Å². The predicted molar refractivity (Wildman–Crippen MR) is 79.7 cm³/mol. The molecule has 0 atom stereocenters. The average molecular weight is 291 g/mol. The molecule has 0 bridgehead atoms. The molecule has 2 aromatic rings. The van der Waals surface area contributed by atoms with Crippen LogP contribution in [0.5, 0.6) is 5.75 Å². The lowest BCUT2D eigenvalue weighted by Gasteiger charge is -2.12. The molecule has 0 aliphatic heterocycles. The number of aromatic hydroxyl groups is 1. The van der Waals surface area contributed by atoms with Gasteiger partial charge in [-0.3, -0.25) is 0 Å². The third-order valence-corrected chi connectivity index (χ3v) is 4.23. The van der Waals surface area contributed by atoms with Gasteiger partial charge in [0.25, 0.3) is 0 Å². The highest BCUT2D eigenvalue weighted by molar-refractivity contribution is 7.90. The van der Waals surface area contributed by atoms with Gasteiger partial charge in [0, 0.05) is 18.4 Å². The molecule has 2 rings (SSSR count). The van der Waals surface area contributed by atoms with E-state index in [4.69, 9.17) is 0 Å². The average Bonchev–Trinajstić information content (AvgIpc) is 2.40. The summed E-state index contributed by atoms with van der Waals surface area (Å²) in [5, 5.41) is 13.0. The van der Waals surface area contributed by atoms with E-state index < -0.39 is 9.84 Å². The first-order chi connectivity index (χ1) is 9.39. The highest BCUT2D eigenvalue weighted by Crippen LogP contribution is 2.25. The van der Waals surface area contributed by atoms with Gasteiger partial charge in [-0.05, 0) is 24.6 Å². The van der Waals surface area contributed by atoms with Gasteiger partial charge < -0.3 is 10.4 Å². The third kappa shape index (κ3) is 3.11. The van der Waals surface area contributed by atoms with Gasteiger partial charge in [-0.15, -0.1) is 0 Å². The van der Waals surface area contributed by atoms with Crippen molar-refractivity contribution in [1.82, 2.24) is 0 Å². The summed E-state index contributed by atoms with van der Waals surface area (Å²) in [5.74, 6) is 0.233. The second-order valence-electron chi connectivity index (χ2n) is 4.70. The number of sulfone groups is 1. The second-order valence-corrected chi connectivity index (χ2v) is 6.69. The van der Waals surface area contributed by atoms with Crippen molar-refractivity contribution in [2.24, 2.45) is 0 Å². The van der Waals surface area contributed by atoms with Crippen molar-refractivity contribution in [3.05, 3.63) is 53.6 Å². The molecule has 106 valence electrons. The number of rotatable bonds is 4. The van der Waals surface area contributed by atoms with Gasteiger partial charge in [0.1, 0.15) is 5.75 Å². The summed E-state index contributed by atoms with van der Waals surface area (Å²) in [6.45, 7) is 2.18. The second kappa shape index (κ2) is 5.54. The van der Waals surface area contributed by atoms with Crippen molar-refractivity contribution < 1.29 is 13.5 Å². The highest BCUT2D eigenvalue weighted by Gasteiger charge is 2.12. The Morgan fingerprint density at radius 1 is 1.10 bits per heavy atom. The Bertz CT molecular complexity index is 724. The molecule has 0 saturated carbocycles. The number of hydrogen-bond donors (Lipinski definition) is 2. The van der Waals surface area contributed by atoms with E-state index in [1.807, 2.05) is 19.1 Å². The number of aryl methyl sites for hydroxylation is 1. The fourth-order valence-electron chi connectivity index (χ4n) is 1.99. The summed E-state index contributed by atoms with van der Waals surface area (Å²) in [4.78, 5) is 0.257. The first-order valence-corrected chi connectivity index (χ1v) is 8.09. The maximum Gasteiger partial charge on any atom is 0.177 e. The number of hydrogen-bond acceptors (Lipinski definition) is 4. The van der Waals surface area contributed by atoms with Crippen molar-refractivity contribution in [2.75, 3.05) is 11.6 Å². The smallest absolute Gasteiger partial charge is 0.177 e. The monoisotopic (exact) mass is 291 g/mol. The maximum atomic E-state index is 11.7. The van der Waals surface area contributed by atoms with E-state index >= 15 is 0 Å². The molecule has 0 radical (unpaired) electrons. The van der Waals surface area contributed by atoms with Crippen molar-refractivity contribution in [3.8, 4) is 5.75 Å². The molecule has 0 aliphatic rings. The summed E-state index contributed by atoms with van der Waals surface area (Å²) in [5.41, 5.74) is 2.06. The van der Waals surface area contributed by atoms with Gasteiger partial charge in [0.05, 0.1) is 10.6 Å². The number of para-hydroxylation sites is 2. The Kier molecular flexibility index (Phi) is 3.99. The molecular weight excluding hydrogens is 274 g/mol. The van der Waals surface area contributed by atoms with Crippen LogP contribution < -0.4 is 5.32 Å². The van der Waals surface area contributed by atoms with E-state index in [1.54, 1.807) is 30.3 Å². The van der Waals surface area contributed by atoms with Crippen molar-refractivity contribution in [2.45, 2.75) is 18.4 Å². The quantitative estimate of drug-likeness (QED) is 0.909. The molecule has 0 aromatic heterocycles. The van der Waals surface area contributed by atoms with Gasteiger partial charge in [0.2, 0.25) is 0 Å². The van der Waals surface area contributed by atoms with E-state index in [2.05, 4.69) is 5.32 Å². The molecule has 0 unspecified atom stereocenters. The Balaban J connectivity index is 2.26. The van der Waals surface area contributed by atoms with Crippen LogP contribution in [0.1, 0.15) is 11.1 Å². The lowest BCUT2D eigenvalue weighted by Crippen LogP contribution is -2.06.